The number of thioether (sulfide) groups is 1. The Morgan fingerprint density at radius 2 is 2.28 bits per heavy atom. The van der Waals surface area contributed by atoms with E-state index in [4.69, 9.17) is 0 Å². The molecule has 3 nitrogen and oxygen atoms in total. The summed E-state index contributed by atoms with van der Waals surface area (Å²) < 4.78 is 17.8. The highest BCUT2D eigenvalue weighted by Crippen LogP contribution is 2.28. The molecule has 0 aliphatic rings. The highest BCUT2D eigenvalue weighted by atomic mass is 32.2. The van der Waals surface area contributed by atoms with Crippen LogP contribution in [0.1, 0.15) is 24.9 Å². The summed E-state index contributed by atoms with van der Waals surface area (Å²) in [5.41, 5.74) is 0.910. The Morgan fingerprint density at radius 1 is 1.56 bits per heavy atom. The Kier molecular flexibility index (Phi) is 6.15. The zero-order valence-electron chi connectivity index (χ0n) is 10.8. The van der Waals surface area contributed by atoms with Gasteiger partial charge in [0.05, 0.1) is 13.5 Å². The fraction of sp³-hybridized carbons (Fsp3) is 0.462. The molecule has 1 unspecified atom stereocenters. The molecular formula is C13H18FNO2S. The van der Waals surface area contributed by atoms with Crippen LogP contribution in [0.5, 0.6) is 0 Å². The molecule has 0 aliphatic carbocycles. The van der Waals surface area contributed by atoms with Crippen molar-refractivity contribution in [2.24, 2.45) is 0 Å². The molecule has 100 valence electrons. The lowest BCUT2D eigenvalue weighted by Gasteiger charge is -2.15. The van der Waals surface area contributed by atoms with E-state index < -0.39 is 0 Å². The third-order valence-corrected chi connectivity index (χ3v) is 3.75. The number of nitrogens with one attached hydrogen (secondary N) is 1. The van der Waals surface area contributed by atoms with Crippen molar-refractivity contribution in [1.29, 1.82) is 0 Å². The first-order valence-electron chi connectivity index (χ1n) is 5.74. The molecule has 1 aromatic carbocycles. The summed E-state index contributed by atoms with van der Waals surface area (Å²) in [5.74, 6) is 0.152. The van der Waals surface area contributed by atoms with Gasteiger partial charge < -0.3 is 10.1 Å². The first-order chi connectivity index (χ1) is 8.58. The maximum Gasteiger partial charge on any atom is 0.306 e. The third kappa shape index (κ3) is 4.31. The quantitative estimate of drug-likeness (QED) is 0.638. The number of hydrogen-bond acceptors (Lipinski definition) is 4. The normalized spacial score (nSPS) is 12.2. The van der Waals surface area contributed by atoms with Crippen molar-refractivity contribution in [3.63, 3.8) is 0 Å². The average molecular weight is 271 g/mol. The summed E-state index contributed by atoms with van der Waals surface area (Å²) in [6, 6.07) is 4.79. The maximum absolute atomic E-state index is 13.2. The van der Waals surface area contributed by atoms with Crippen LogP contribution in [-0.4, -0.2) is 25.9 Å². The van der Waals surface area contributed by atoms with Crippen LogP contribution in [0, 0.1) is 5.82 Å². The summed E-state index contributed by atoms with van der Waals surface area (Å²) in [4.78, 5) is 12.0. The molecule has 0 aliphatic heterocycles. The number of rotatable bonds is 6. The first-order valence-corrected chi connectivity index (χ1v) is 6.73. The predicted octanol–water partition coefficient (Wildman–Crippen LogP) is 2.76. The fourth-order valence-electron chi connectivity index (χ4n) is 1.49. The van der Waals surface area contributed by atoms with E-state index in [1.54, 1.807) is 6.07 Å². The summed E-state index contributed by atoms with van der Waals surface area (Å²) in [6.45, 7) is 1.97. The summed E-state index contributed by atoms with van der Waals surface area (Å²) in [6.07, 6.45) is 0.353. The molecule has 0 heterocycles. The van der Waals surface area contributed by atoms with Crippen LogP contribution in [-0.2, 0) is 9.53 Å². The Labute approximate surface area is 111 Å². The molecule has 1 aromatic rings. The molecule has 18 heavy (non-hydrogen) atoms. The zero-order valence-corrected chi connectivity index (χ0v) is 11.6. The van der Waals surface area contributed by atoms with Crippen LogP contribution in [0.15, 0.2) is 23.1 Å². The van der Waals surface area contributed by atoms with Crippen LogP contribution < -0.4 is 5.32 Å². The molecule has 0 fully saturated rings. The monoisotopic (exact) mass is 271 g/mol. The lowest BCUT2D eigenvalue weighted by atomic mass is 10.1. The molecule has 0 spiro atoms. The summed E-state index contributed by atoms with van der Waals surface area (Å²) in [7, 11) is 3.21. The molecule has 1 N–H and O–H groups in total. The molecule has 5 heteroatoms. The molecule has 0 aromatic heterocycles. The summed E-state index contributed by atoms with van der Waals surface area (Å²) >= 11 is 1.54. The van der Waals surface area contributed by atoms with Gasteiger partial charge in [0.2, 0.25) is 0 Å². The van der Waals surface area contributed by atoms with Gasteiger partial charge in [0.15, 0.2) is 0 Å². The smallest absolute Gasteiger partial charge is 0.306 e. The van der Waals surface area contributed by atoms with E-state index in [2.05, 4.69) is 10.1 Å². The molecule has 1 atom stereocenters. The molecule has 0 bridgehead atoms. The van der Waals surface area contributed by atoms with Crippen molar-refractivity contribution < 1.29 is 13.9 Å². The van der Waals surface area contributed by atoms with Gasteiger partial charge in [0.25, 0.3) is 0 Å². The van der Waals surface area contributed by atoms with Crippen LogP contribution in [0.4, 0.5) is 4.39 Å². The fourth-order valence-corrected chi connectivity index (χ4v) is 2.55. The number of hydrogen-bond donors (Lipinski definition) is 1. The highest BCUT2D eigenvalue weighted by Gasteiger charge is 2.11. The van der Waals surface area contributed by atoms with Crippen molar-refractivity contribution in [3.05, 3.63) is 29.6 Å². The second kappa shape index (κ2) is 7.38. The molecule has 0 saturated carbocycles. The van der Waals surface area contributed by atoms with Crippen molar-refractivity contribution in [1.82, 2.24) is 5.32 Å². The Morgan fingerprint density at radius 3 is 2.89 bits per heavy atom. The van der Waals surface area contributed by atoms with Crippen LogP contribution in [0.2, 0.25) is 0 Å². The zero-order chi connectivity index (χ0) is 13.5. The first kappa shape index (κ1) is 15.0. The van der Waals surface area contributed by atoms with E-state index in [1.165, 1.54) is 31.0 Å². The SMILES string of the molecule is CNC(C)c1cc(F)ccc1SCCC(=O)OC. The number of carbonyl (C=O) groups excluding carboxylic acids is 1. The van der Waals surface area contributed by atoms with E-state index in [-0.39, 0.29) is 17.8 Å². The second-order valence-electron chi connectivity index (χ2n) is 3.87. The van der Waals surface area contributed by atoms with E-state index in [0.29, 0.717) is 12.2 Å². The van der Waals surface area contributed by atoms with Gasteiger partial charge >= 0.3 is 5.97 Å². The van der Waals surface area contributed by atoms with Gasteiger partial charge in [0, 0.05) is 16.7 Å². The van der Waals surface area contributed by atoms with E-state index >= 15 is 0 Å². The van der Waals surface area contributed by atoms with Gasteiger partial charge in [-0.1, -0.05) is 0 Å². The number of benzene rings is 1. The number of halogens is 1. The number of carbonyl (C=O) groups is 1. The third-order valence-electron chi connectivity index (χ3n) is 2.66. The minimum absolute atomic E-state index is 0.0707. The van der Waals surface area contributed by atoms with Gasteiger partial charge in [-0.25, -0.2) is 4.39 Å². The second-order valence-corrected chi connectivity index (χ2v) is 5.00. The van der Waals surface area contributed by atoms with Crippen LogP contribution >= 0.6 is 11.8 Å². The van der Waals surface area contributed by atoms with Gasteiger partial charge in [-0.3, -0.25) is 4.79 Å². The predicted molar refractivity (Wildman–Crippen MR) is 71.2 cm³/mol. The number of esters is 1. The standard InChI is InChI=1S/C13H18FNO2S/c1-9(15-2)11-8-10(14)4-5-12(11)18-7-6-13(16)17-3/h4-5,8-9,15H,6-7H2,1-3H3. The lowest BCUT2D eigenvalue weighted by molar-refractivity contribution is -0.140. The lowest BCUT2D eigenvalue weighted by Crippen LogP contribution is -2.13. The van der Waals surface area contributed by atoms with Gasteiger partial charge in [-0.15, -0.1) is 11.8 Å². The summed E-state index contributed by atoms with van der Waals surface area (Å²) in [5, 5.41) is 3.09. The van der Waals surface area contributed by atoms with E-state index in [9.17, 15) is 9.18 Å². The Hall–Kier alpha value is -1.07. The largest absolute Gasteiger partial charge is 0.469 e. The minimum atomic E-state index is -0.246. The Balaban J connectivity index is 2.72. The molecule has 0 radical (unpaired) electrons. The average Bonchev–Trinajstić information content (AvgIpc) is 2.39. The van der Waals surface area contributed by atoms with Crippen molar-refractivity contribution in [2.45, 2.75) is 24.3 Å². The van der Waals surface area contributed by atoms with Gasteiger partial charge in [-0.05, 0) is 37.7 Å². The van der Waals surface area contributed by atoms with Crippen LogP contribution in [0.3, 0.4) is 0 Å². The molecule has 0 amide bonds. The molecule has 0 saturated heterocycles. The topological polar surface area (TPSA) is 38.3 Å². The van der Waals surface area contributed by atoms with Crippen molar-refractivity contribution >= 4 is 17.7 Å². The van der Waals surface area contributed by atoms with E-state index in [0.717, 1.165) is 10.5 Å². The van der Waals surface area contributed by atoms with Gasteiger partial charge in [0.1, 0.15) is 5.82 Å². The highest BCUT2D eigenvalue weighted by molar-refractivity contribution is 7.99. The minimum Gasteiger partial charge on any atom is -0.469 e. The van der Waals surface area contributed by atoms with Crippen LogP contribution in [0.25, 0.3) is 0 Å². The molecule has 1 rings (SSSR count). The maximum atomic E-state index is 13.2. The number of methoxy groups -OCH3 is 1. The molecular weight excluding hydrogens is 253 g/mol. The van der Waals surface area contributed by atoms with Crippen molar-refractivity contribution in [3.8, 4) is 0 Å². The van der Waals surface area contributed by atoms with E-state index in [1.807, 2.05) is 14.0 Å². The van der Waals surface area contributed by atoms with Crippen molar-refractivity contribution in [2.75, 3.05) is 19.9 Å². The Bertz CT molecular complexity index is 412. The van der Waals surface area contributed by atoms with Gasteiger partial charge in [-0.2, -0.15) is 0 Å². The number of ether oxygens (including phenoxy) is 1.